The lowest BCUT2D eigenvalue weighted by atomic mass is 10.1. The van der Waals surface area contributed by atoms with Crippen molar-refractivity contribution in [1.82, 2.24) is 15.1 Å². The highest BCUT2D eigenvalue weighted by Gasteiger charge is 2.12. The minimum atomic E-state index is -1.10. The van der Waals surface area contributed by atoms with E-state index in [1.807, 2.05) is 30.3 Å². The monoisotopic (exact) mass is 273 g/mol. The molecule has 1 aromatic carbocycles. The number of nitrogens with one attached hydrogen (secondary N) is 1. The van der Waals surface area contributed by atoms with Gasteiger partial charge in [-0.3, -0.25) is 4.79 Å². The first kappa shape index (κ1) is 13.8. The minimum absolute atomic E-state index is 0.00297. The Balaban J connectivity index is 1.81. The molecular formula is C14H15N3O3. The molecule has 104 valence electrons. The zero-order chi connectivity index (χ0) is 14.4. The van der Waals surface area contributed by atoms with Crippen molar-refractivity contribution >= 4 is 11.9 Å². The fourth-order valence-electron chi connectivity index (χ4n) is 1.82. The third-order valence-corrected chi connectivity index (χ3v) is 2.81. The Morgan fingerprint density at radius 3 is 2.65 bits per heavy atom. The number of amides is 1. The molecule has 2 N–H and O–H groups in total. The van der Waals surface area contributed by atoms with Crippen molar-refractivity contribution in [2.75, 3.05) is 6.54 Å². The van der Waals surface area contributed by atoms with Crippen LogP contribution in [0.5, 0.6) is 0 Å². The second-order valence-corrected chi connectivity index (χ2v) is 4.26. The van der Waals surface area contributed by atoms with Crippen LogP contribution in [0.2, 0.25) is 0 Å². The predicted molar refractivity (Wildman–Crippen MR) is 72.3 cm³/mol. The maximum absolute atomic E-state index is 11.7. The third kappa shape index (κ3) is 3.68. The van der Waals surface area contributed by atoms with Crippen LogP contribution in [-0.4, -0.2) is 33.3 Å². The van der Waals surface area contributed by atoms with Crippen molar-refractivity contribution in [2.24, 2.45) is 0 Å². The molecule has 0 unspecified atom stereocenters. The molecule has 20 heavy (non-hydrogen) atoms. The van der Waals surface area contributed by atoms with E-state index in [1.54, 1.807) is 0 Å². The molecule has 0 fully saturated rings. The zero-order valence-electron chi connectivity index (χ0n) is 10.8. The number of carbonyl (C=O) groups excluding carboxylic acids is 1. The van der Waals surface area contributed by atoms with Crippen molar-refractivity contribution in [3.8, 4) is 0 Å². The maximum atomic E-state index is 11.7. The molecule has 1 amide bonds. The van der Waals surface area contributed by atoms with Gasteiger partial charge in [0, 0.05) is 12.7 Å². The topological polar surface area (TPSA) is 84.2 Å². The van der Waals surface area contributed by atoms with Crippen molar-refractivity contribution in [2.45, 2.75) is 13.0 Å². The van der Waals surface area contributed by atoms with Crippen molar-refractivity contribution in [3.63, 3.8) is 0 Å². The number of hydrogen-bond donors (Lipinski definition) is 2. The molecule has 0 spiro atoms. The van der Waals surface area contributed by atoms with E-state index < -0.39 is 5.97 Å². The molecule has 2 rings (SSSR count). The smallest absolute Gasteiger partial charge is 0.354 e. The van der Waals surface area contributed by atoms with Crippen molar-refractivity contribution in [3.05, 3.63) is 53.9 Å². The standard InChI is InChI=1S/C14H15N3O3/c18-13(10-17-12(14(19)20)7-9-16-17)15-8-6-11-4-2-1-3-5-11/h1-5,7,9H,6,8,10H2,(H,15,18)(H,19,20). The fraction of sp³-hybridized carbons (Fsp3) is 0.214. The highest BCUT2D eigenvalue weighted by atomic mass is 16.4. The molecule has 2 aromatic rings. The van der Waals surface area contributed by atoms with Crippen LogP contribution < -0.4 is 5.32 Å². The van der Waals surface area contributed by atoms with E-state index >= 15 is 0 Å². The Bertz CT molecular complexity index is 593. The Hall–Kier alpha value is -2.63. The van der Waals surface area contributed by atoms with Gasteiger partial charge in [-0.15, -0.1) is 0 Å². The van der Waals surface area contributed by atoms with Crippen molar-refractivity contribution < 1.29 is 14.7 Å². The molecule has 0 aliphatic carbocycles. The Morgan fingerprint density at radius 1 is 1.20 bits per heavy atom. The molecule has 0 bridgehead atoms. The number of benzene rings is 1. The highest BCUT2D eigenvalue weighted by molar-refractivity contribution is 5.86. The van der Waals surface area contributed by atoms with Gasteiger partial charge in [0.1, 0.15) is 12.2 Å². The summed E-state index contributed by atoms with van der Waals surface area (Å²) in [7, 11) is 0. The lowest BCUT2D eigenvalue weighted by molar-refractivity contribution is -0.121. The van der Waals surface area contributed by atoms with Gasteiger partial charge in [0.15, 0.2) is 0 Å². The van der Waals surface area contributed by atoms with Crippen LogP contribution >= 0.6 is 0 Å². The van der Waals surface area contributed by atoms with Crippen LogP contribution in [0.15, 0.2) is 42.6 Å². The molecule has 0 atom stereocenters. The summed E-state index contributed by atoms with van der Waals surface area (Å²) >= 11 is 0. The molecule has 0 aliphatic heterocycles. The highest BCUT2D eigenvalue weighted by Crippen LogP contribution is 2.00. The fourth-order valence-corrected chi connectivity index (χ4v) is 1.82. The number of carboxylic acids is 1. The largest absolute Gasteiger partial charge is 0.477 e. The molecule has 0 saturated heterocycles. The zero-order valence-corrected chi connectivity index (χ0v) is 10.8. The van der Waals surface area contributed by atoms with E-state index in [9.17, 15) is 9.59 Å². The van der Waals surface area contributed by atoms with Gasteiger partial charge in [-0.2, -0.15) is 5.10 Å². The summed E-state index contributed by atoms with van der Waals surface area (Å²) in [4.78, 5) is 22.6. The SMILES string of the molecule is O=C(Cn1nccc1C(=O)O)NCCc1ccccc1. The van der Waals surface area contributed by atoms with Gasteiger partial charge < -0.3 is 10.4 Å². The van der Waals surface area contributed by atoms with Crippen LogP contribution in [0.4, 0.5) is 0 Å². The molecule has 1 heterocycles. The van der Waals surface area contributed by atoms with Gasteiger partial charge in [0.25, 0.3) is 0 Å². The molecule has 0 saturated carbocycles. The van der Waals surface area contributed by atoms with Gasteiger partial charge >= 0.3 is 5.97 Å². The summed E-state index contributed by atoms with van der Waals surface area (Å²) in [6, 6.07) is 11.2. The average molecular weight is 273 g/mol. The van der Waals surface area contributed by atoms with E-state index in [0.717, 1.165) is 12.0 Å². The normalized spacial score (nSPS) is 10.2. The lowest BCUT2D eigenvalue weighted by Crippen LogP contribution is -2.30. The van der Waals surface area contributed by atoms with Crippen LogP contribution in [0, 0.1) is 0 Å². The number of hydrogen-bond acceptors (Lipinski definition) is 3. The first-order chi connectivity index (χ1) is 9.66. The van der Waals surface area contributed by atoms with E-state index in [-0.39, 0.29) is 18.1 Å². The maximum Gasteiger partial charge on any atom is 0.354 e. The Kier molecular flexibility index (Phi) is 4.49. The van der Waals surface area contributed by atoms with Crippen LogP contribution in [-0.2, 0) is 17.8 Å². The third-order valence-electron chi connectivity index (χ3n) is 2.81. The summed E-state index contributed by atoms with van der Waals surface area (Å²) < 4.78 is 1.17. The number of nitrogens with zero attached hydrogens (tertiary/aromatic N) is 2. The van der Waals surface area contributed by atoms with Gasteiger partial charge in [-0.25, -0.2) is 9.48 Å². The number of aromatic nitrogens is 2. The Labute approximate surface area is 116 Å². The average Bonchev–Trinajstić information content (AvgIpc) is 2.88. The number of carbonyl (C=O) groups is 2. The lowest BCUT2D eigenvalue weighted by Gasteiger charge is -2.06. The number of rotatable bonds is 6. The number of carboxylic acid groups (broad SMARTS) is 1. The number of aromatic carboxylic acids is 1. The van der Waals surface area contributed by atoms with Crippen LogP contribution in [0.25, 0.3) is 0 Å². The quantitative estimate of drug-likeness (QED) is 0.820. The summed E-state index contributed by atoms with van der Waals surface area (Å²) in [5.41, 5.74) is 1.14. The van der Waals surface area contributed by atoms with Crippen LogP contribution in [0.1, 0.15) is 16.1 Å². The summed E-state index contributed by atoms with van der Waals surface area (Å²) in [6.07, 6.45) is 2.10. The molecule has 0 aliphatic rings. The van der Waals surface area contributed by atoms with E-state index in [1.165, 1.54) is 16.9 Å². The van der Waals surface area contributed by atoms with Gasteiger partial charge in [-0.05, 0) is 18.1 Å². The summed E-state index contributed by atoms with van der Waals surface area (Å²) in [6.45, 7) is 0.413. The molecule has 1 aromatic heterocycles. The van der Waals surface area contributed by atoms with Gasteiger partial charge in [-0.1, -0.05) is 30.3 Å². The van der Waals surface area contributed by atoms with E-state index in [4.69, 9.17) is 5.11 Å². The van der Waals surface area contributed by atoms with Gasteiger partial charge in [0.2, 0.25) is 5.91 Å². The predicted octanol–water partition coefficient (Wildman–Crippen LogP) is 0.940. The van der Waals surface area contributed by atoms with Crippen molar-refractivity contribution in [1.29, 1.82) is 0 Å². The second-order valence-electron chi connectivity index (χ2n) is 4.26. The van der Waals surface area contributed by atoms with Gasteiger partial charge in [0.05, 0.1) is 0 Å². The molecule has 6 heteroatoms. The second kappa shape index (κ2) is 6.51. The summed E-state index contributed by atoms with van der Waals surface area (Å²) in [5, 5.41) is 15.5. The van der Waals surface area contributed by atoms with E-state index in [0.29, 0.717) is 6.54 Å². The Morgan fingerprint density at radius 2 is 1.95 bits per heavy atom. The minimum Gasteiger partial charge on any atom is -0.477 e. The molecule has 0 radical (unpaired) electrons. The molecular weight excluding hydrogens is 258 g/mol. The first-order valence-electron chi connectivity index (χ1n) is 6.22. The van der Waals surface area contributed by atoms with E-state index in [2.05, 4.69) is 10.4 Å². The first-order valence-corrected chi connectivity index (χ1v) is 6.22. The summed E-state index contributed by atoms with van der Waals surface area (Å²) in [5.74, 6) is -1.35. The molecule has 6 nitrogen and oxygen atoms in total. The van der Waals surface area contributed by atoms with Crippen LogP contribution in [0.3, 0.4) is 0 Å².